The third kappa shape index (κ3) is 5.71. The molecule has 0 N–H and O–H groups in total. The van der Waals surface area contributed by atoms with Gasteiger partial charge in [-0.3, -0.25) is 14.6 Å². The Morgan fingerprint density at radius 3 is 2.71 bits per heavy atom. The van der Waals surface area contributed by atoms with Gasteiger partial charge >= 0.3 is 0 Å². The van der Waals surface area contributed by atoms with Crippen molar-refractivity contribution in [2.45, 2.75) is 13.3 Å². The van der Waals surface area contributed by atoms with Gasteiger partial charge < -0.3 is 4.74 Å². The van der Waals surface area contributed by atoms with E-state index in [9.17, 15) is 4.79 Å². The molecular weight excluding hydrogens is 430 g/mol. The standard InChI is InChI=1S/C24H26ClN3O2S/c1-18-6-8-19(9-7-18)22-17-31-24(26-22)28(11-3-10-27-12-14-30-15-13-27)23(29)20-4-2-5-21(25)16-20/h2,4-9,16-17H,3,10-15H2,1H3. The Hall–Kier alpha value is -2.25. The van der Waals surface area contributed by atoms with Crippen LogP contribution in [0.4, 0.5) is 5.13 Å². The van der Waals surface area contributed by atoms with Gasteiger partial charge in [0.15, 0.2) is 5.13 Å². The zero-order chi connectivity index (χ0) is 21.6. The van der Waals surface area contributed by atoms with Crippen LogP contribution in [0.2, 0.25) is 5.02 Å². The van der Waals surface area contributed by atoms with E-state index in [-0.39, 0.29) is 5.91 Å². The average molecular weight is 456 g/mol. The molecule has 5 nitrogen and oxygen atoms in total. The molecule has 0 radical (unpaired) electrons. The van der Waals surface area contributed by atoms with Crippen molar-refractivity contribution in [1.29, 1.82) is 0 Å². The number of thiazole rings is 1. The first-order chi connectivity index (χ1) is 15.1. The molecule has 0 atom stereocenters. The molecule has 1 aromatic heterocycles. The molecule has 7 heteroatoms. The van der Waals surface area contributed by atoms with E-state index in [4.69, 9.17) is 21.3 Å². The Morgan fingerprint density at radius 2 is 1.97 bits per heavy atom. The van der Waals surface area contributed by atoms with Gasteiger partial charge in [0.2, 0.25) is 0 Å². The second-order valence-electron chi connectivity index (χ2n) is 7.66. The molecule has 2 aromatic carbocycles. The van der Waals surface area contributed by atoms with Gasteiger partial charge in [0.25, 0.3) is 5.91 Å². The van der Waals surface area contributed by atoms with Crippen LogP contribution in [-0.4, -0.2) is 55.2 Å². The van der Waals surface area contributed by atoms with E-state index in [0.29, 0.717) is 22.3 Å². The van der Waals surface area contributed by atoms with Gasteiger partial charge in [0.1, 0.15) is 0 Å². The van der Waals surface area contributed by atoms with Crippen LogP contribution in [0.3, 0.4) is 0 Å². The number of carbonyl (C=O) groups excluding carboxylic acids is 1. The molecule has 0 bridgehead atoms. The molecule has 0 spiro atoms. The third-order valence-electron chi connectivity index (χ3n) is 5.35. The summed E-state index contributed by atoms with van der Waals surface area (Å²) < 4.78 is 5.43. The Bertz CT molecular complexity index is 1020. The van der Waals surface area contributed by atoms with E-state index in [0.717, 1.165) is 50.5 Å². The number of aromatic nitrogens is 1. The smallest absolute Gasteiger partial charge is 0.260 e. The van der Waals surface area contributed by atoms with Crippen LogP contribution in [0.1, 0.15) is 22.3 Å². The maximum atomic E-state index is 13.4. The van der Waals surface area contributed by atoms with Gasteiger partial charge in [-0.15, -0.1) is 11.3 Å². The summed E-state index contributed by atoms with van der Waals surface area (Å²) in [6, 6.07) is 15.4. The lowest BCUT2D eigenvalue weighted by atomic mass is 10.1. The second-order valence-corrected chi connectivity index (χ2v) is 8.93. The monoisotopic (exact) mass is 455 g/mol. The van der Waals surface area contributed by atoms with E-state index in [1.54, 1.807) is 29.2 Å². The molecule has 0 unspecified atom stereocenters. The lowest BCUT2D eigenvalue weighted by Crippen LogP contribution is -2.39. The quantitative estimate of drug-likeness (QED) is 0.494. The molecule has 0 saturated carbocycles. The number of anilines is 1. The Labute approximate surface area is 192 Å². The first-order valence-electron chi connectivity index (χ1n) is 10.5. The number of carbonyl (C=O) groups is 1. The molecule has 2 heterocycles. The Morgan fingerprint density at radius 1 is 1.19 bits per heavy atom. The molecular formula is C24H26ClN3O2S. The number of hydrogen-bond acceptors (Lipinski definition) is 5. The van der Waals surface area contributed by atoms with Crippen molar-refractivity contribution in [3.63, 3.8) is 0 Å². The van der Waals surface area contributed by atoms with Gasteiger partial charge in [0.05, 0.1) is 18.9 Å². The Kier molecular flexibility index (Phi) is 7.35. The van der Waals surface area contributed by atoms with E-state index >= 15 is 0 Å². The molecule has 1 fully saturated rings. The van der Waals surface area contributed by atoms with Gasteiger partial charge in [-0.25, -0.2) is 4.98 Å². The number of rotatable bonds is 7. The molecule has 31 heavy (non-hydrogen) atoms. The largest absolute Gasteiger partial charge is 0.379 e. The second kappa shape index (κ2) is 10.4. The maximum Gasteiger partial charge on any atom is 0.260 e. The topological polar surface area (TPSA) is 45.7 Å². The number of amides is 1. The van der Waals surface area contributed by atoms with Crippen LogP contribution in [0.25, 0.3) is 11.3 Å². The number of nitrogens with zero attached hydrogens (tertiary/aromatic N) is 3. The highest BCUT2D eigenvalue weighted by Crippen LogP contribution is 2.29. The third-order valence-corrected chi connectivity index (χ3v) is 6.45. The summed E-state index contributed by atoms with van der Waals surface area (Å²) in [4.78, 5) is 22.3. The highest BCUT2D eigenvalue weighted by Gasteiger charge is 2.22. The van der Waals surface area contributed by atoms with Crippen molar-refractivity contribution in [3.8, 4) is 11.3 Å². The lowest BCUT2D eigenvalue weighted by Gasteiger charge is -2.27. The van der Waals surface area contributed by atoms with Crippen LogP contribution in [0, 0.1) is 6.92 Å². The summed E-state index contributed by atoms with van der Waals surface area (Å²) in [6.07, 6.45) is 0.867. The van der Waals surface area contributed by atoms with Crippen molar-refractivity contribution in [2.24, 2.45) is 0 Å². The summed E-state index contributed by atoms with van der Waals surface area (Å²) >= 11 is 7.64. The lowest BCUT2D eigenvalue weighted by molar-refractivity contribution is 0.0376. The van der Waals surface area contributed by atoms with Crippen LogP contribution >= 0.6 is 22.9 Å². The SMILES string of the molecule is Cc1ccc(-c2csc(N(CCCN3CCOCC3)C(=O)c3cccc(Cl)c3)n2)cc1. The summed E-state index contributed by atoms with van der Waals surface area (Å²) in [5, 5.41) is 3.28. The summed E-state index contributed by atoms with van der Waals surface area (Å²) in [7, 11) is 0. The van der Waals surface area contributed by atoms with E-state index in [1.165, 1.54) is 16.9 Å². The zero-order valence-corrected chi connectivity index (χ0v) is 19.2. The average Bonchev–Trinajstić information content (AvgIpc) is 3.27. The minimum absolute atomic E-state index is 0.0747. The highest BCUT2D eigenvalue weighted by atomic mass is 35.5. The number of halogens is 1. The number of aryl methyl sites for hydroxylation is 1. The normalized spacial score (nSPS) is 14.5. The first-order valence-corrected chi connectivity index (χ1v) is 11.8. The molecule has 3 aromatic rings. The summed E-state index contributed by atoms with van der Waals surface area (Å²) in [6.45, 7) is 7.03. The number of ether oxygens (including phenoxy) is 1. The predicted octanol–water partition coefficient (Wildman–Crippen LogP) is 5.14. The molecule has 1 aliphatic heterocycles. The summed E-state index contributed by atoms with van der Waals surface area (Å²) in [5.74, 6) is -0.0747. The van der Waals surface area contributed by atoms with Crippen molar-refractivity contribution >= 4 is 34.0 Å². The van der Waals surface area contributed by atoms with Crippen LogP contribution in [-0.2, 0) is 4.74 Å². The zero-order valence-electron chi connectivity index (χ0n) is 17.6. The molecule has 0 aliphatic carbocycles. The molecule has 1 amide bonds. The maximum absolute atomic E-state index is 13.4. The van der Waals surface area contributed by atoms with E-state index in [1.807, 2.05) is 5.38 Å². The van der Waals surface area contributed by atoms with E-state index in [2.05, 4.69) is 36.1 Å². The molecule has 162 valence electrons. The minimum atomic E-state index is -0.0747. The fourth-order valence-corrected chi connectivity index (χ4v) is 4.63. The number of hydrogen-bond donors (Lipinski definition) is 0. The molecule has 1 saturated heterocycles. The van der Waals surface area contributed by atoms with Gasteiger partial charge in [-0.2, -0.15) is 0 Å². The number of benzene rings is 2. The van der Waals surface area contributed by atoms with E-state index < -0.39 is 0 Å². The summed E-state index contributed by atoms with van der Waals surface area (Å²) in [5.41, 5.74) is 3.72. The molecule has 1 aliphatic rings. The molecule has 4 rings (SSSR count). The first kappa shape index (κ1) is 22.0. The van der Waals surface area contributed by atoms with Crippen molar-refractivity contribution in [3.05, 3.63) is 70.1 Å². The predicted molar refractivity (Wildman–Crippen MR) is 127 cm³/mol. The van der Waals surface area contributed by atoms with Crippen LogP contribution < -0.4 is 4.90 Å². The highest BCUT2D eigenvalue weighted by molar-refractivity contribution is 7.14. The van der Waals surface area contributed by atoms with Crippen molar-refractivity contribution in [1.82, 2.24) is 9.88 Å². The number of morpholine rings is 1. The Balaban J connectivity index is 1.54. The van der Waals surface area contributed by atoms with Crippen LogP contribution in [0.5, 0.6) is 0 Å². The van der Waals surface area contributed by atoms with Gasteiger partial charge in [0, 0.05) is 47.7 Å². The fourth-order valence-electron chi connectivity index (χ4n) is 3.58. The van der Waals surface area contributed by atoms with Gasteiger partial charge in [-0.1, -0.05) is 47.5 Å². The van der Waals surface area contributed by atoms with Gasteiger partial charge in [-0.05, 0) is 31.5 Å². The fraction of sp³-hybridized carbons (Fsp3) is 0.333. The van der Waals surface area contributed by atoms with Crippen molar-refractivity contribution in [2.75, 3.05) is 44.3 Å². The van der Waals surface area contributed by atoms with Crippen LogP contribution in [0.15, 0.2) is 53.9 Å². The minimum Gasteiger partial charge on any atom is -0.379 e. The van der Waals surface area contributed by atoms with Crippen molar-refractivity contribution < 1.29 is 9.53 Å².